The number of aromatic nitrogens is 1. The largest absolute Gasteiger partial charge is 0.492 e. The van der Waals surface area contributed by atoms with Gasteiger partial charge in [0.15, 0.2) is 0 Å². The maximum Gasteiger partial charge on any atom is 0.234 e. The lowest BCUT2D eigenvalue weighted by atomic mass is 10.2. The first-order valence-corrected chi connectivity index (χ1v) is 8.40. The molecule has 1 aromatic heterocycles. The summed E-state index contributed by atoms with van der Waals surface area (Å²) in [6.45, 7) is 2.45. The third-order valence-corrected chi connectivity index (χ3v) is 4.22. The fourth-order valence-electron chi connectivity index (χ4n) is 2.93. The topological polar surface area (TPSA) is 54.5 Å². The van der Waals surface area contributed by atoms with Gasteiger partial charge in [-0.1, -0.05) is 24.3 Å². The number of para-hydroxylation sites is 1. The molecule has 1 aromatic carbocycles. The van der Waals surface area contributed by atoms with Crippen molar-refractivity contribution in [3.63, 3.8) is 0 Å². The SMILES string of the molecule is O=C(CN1CCCC1COc1ccccc1)NCc1ccccn1. The molecule has 0 saturated carbocycles. The fourth-order valence-corrected chi connectivity index (χ4v) is 2.93. The van der Waals surface area contributed by atoms with Gasteiger partial charge in [0.05, 0.1) is 18.8 Å². The molecule has 1 aliphatic rings. The first kappa shape index (κ1) is 16.5. The van der Waals surface area contributed by atoms with Crippen molar-refractivity contribution in [2.45, 2.75) is 25.4 Å². The molecule has 1 unspecified atom stereocenters. The summed E-state index contributed by atoms with van der Waals surface area (Å²) >= 11 is 0. The van der Waals surface area contributed by atoms with Crippen LogP contribution < -0.4 is 10.1 Å². The Morgan fingerprint density at radius 1 is 1.21 bits per heavy atom. The number of hydrogen-bond donors (Lipinski definition) is 1. The third kappa shape index (κ3) is 4.80. The van der Waals surface area contributed by atoms with Gasteiger partial charge in [-0.2, -0.15) is 0 Å². The van der Waals surface area contributed by atoms with Gasteiger partial charge in [0.2, 0.25) is 5.91 Å². The number of rotatable bonds is 7. The Balaban J connectivity index is 1.44. The molecular weight excluding hydrogens is 302 g/mol. The molecule has 0 bridgehead atoms. The van der Waals surface area contributed by atoms with Crippen LogP contribution in [0.5, 0.6) is 5.75 Å². The Morgan fingerprint density at radius 3 is 2.83 bits per heavy atom. The highest BCUT2D eigenvalue weighted by Crippen LogP contribution is 2.18. The van der Waals surface area contributed by atoms with Crippen LogP contribution in [0, 0.1) is 0 Å². The molecule has 1 fully saturated rings. The second kappa shape index (κ2) is 8.45. The van der Waals surface area contributed by atoms with Crippen molar-refractivity contribution in [1.29, 1.82) is 0 Å². The Hall–Kier alpha value is -2.40. The second-order valence-electron chi connectivity index (χ2n) is 5.99. The quantitative estimate of drug-likeness (QED) is 0.848. The summed E-state index contributed by atoms with van der Waals surface area (Å²) in [5, 5.41) is 2.94. The maximum atomic E-state index is 12.2. The Labute approximate surface area is 142 Å². The van der Waals surface area contributed by atoms with E-state index in [1.165, 1.54) is 0 Å². The summed E-state index contributed by atoms with van der Waals surface area (Å²) in [4.78, 5) is 18.6. The molecule has 2 heterocycles. The van der Waals surface area contributed by atoms with Gasteiger partial charge in [-0.15, -0.1) is 0 Å². The summed E-state index contributed by atoms with van der Waals surface area (Å²) in [5.41, 5.74) is 0.872. The number of carbonyl (C=O) groups excluding carboxylic acids is 1. The smallest absolute Gasteiger partial charge is 0.234 e. The number of ether oxygens (including phenoxy) is 1. The molecule has 1 N–H and O–H groups in total. The Bertz CT molecular complexity index is 634. The predicted molar refractivity (Wildman–Crippen MR) is 92.6 cm³/mol. The van der Waals surface area contributed by atoms with Gasteiger partial charge in [-0.05, 0) is 43.7 Å². The van der Waals surface area contributed by atoms with E-state index in [0.29, 0.717) is 25.7 Å². The zero-order valence-corrected chi connectivity index (χ0v) is 13.7. The highest BCUT2D eigenvalue weighted by molar-refractivity contribution is 5.78. The van der Waals surface area contributed by atoms with Crippen molar-refractivity contribution >= 4 is 5.91 Å². The van der Waals surface area contributed by atoms with E-state index in [4.69, 9.17) is 4.74 Å². The molecule has 24 heavy (non-hydrogen) atoms. The van der Waals surface area contributed by atoms with Crippen molar-refractivity contribution in [2.75, 3.05) is 19.7 Å². The summed E-state index contributed by atoms with van der Waals surface area (Å²) < 4.78 is 5.85. The highest BCUT2D eigenvalue weighted by Gasteiger charge is 2.26. The van der Waals surface area contributed by atoms with E-state index >= 15 is 0 Å². The molecule has 0 radical (unpaired) electrons. The fraction of sp³-hybridized carbons (Fsp3) is 0.368. The molecule has 1 atom stereocenters. The predicted octanol–water partition coefficient (Wildman–Crippen LogP) is 2.24. The lowest BCUT2D eigenvalue weighted by molar-refractivity contribution is -0.122. The first-order chi connectivity index (χ1) is 11.8. The maximum absolute atomic E-state index is 12.2. The van der Waals surface area contributed by atoms with Crippen LogP contribution >= 0.6 is 0 Å². The molecule has 0 spiro atoms. The van der Waals surface area contributed by atoms with Crippen LogP contribution in [-0.2, 0) is 11.3 Å². The van der Waals surface area contributed by atoms with Gasteiger partial charge in [0, 0.05) is 12.2 Å². The van der Waals surface area contributed by atoms with E-state index < -0.39 is 0 Å². The molecule has 3 rings (SSSR count). The van der Waals surface area contributed by atoms with E-state index in [0.717, 1.165) is 30.8 Å². The highest BCUT2D eigenvalue weighted by atomic mass is 16.5. The number of pyridine rings is 1. The number of likely N-dealkylation sites (tertiary alicyclic amines) is 1. The average Bonchev–Trinajstić information content (AvgIpc) is 3.07. The van der Waals surface area contributed by atoms with Crippen molar-refractivity contribution in [2.24, 2.45) is 0 Å². The van der Waals surface area contributed by atoms with Crippen molar-refractivity contribution in [1.82, 2.24) is 15.2 Å². The number of amides is 1. The number of benzene rings is 1. The summed E-state index contributed by atoms with van der Waals surface area (Å²) in [5.74, 6) is 0.913. The van der Waals surface area contributed by atoms with Gasteiger partial charge < -0.3 is 10.1 Å². The zero-order valence-electron chi connectivity index (χ0n) is 13.7. The Kier molecular flexibility index (Phi) is 5.80. The van der Waals surface area contributed by atoms with Crippen LogP contribution in [0.25, 0.3) is 0 Å². The van der Waals surface area contributed by atoms with Crippen LogP contribution in [0.1, 0.15) is 18.5 Å². The molecule has 5 nitrogen and oxygen atoms in total. The molecule has 1 amide bonds. The van der Waals surface area contributed by atoms with Crippen molar-refractivity contribution in [3.8, 4) is 5.75 Å². The van der Waals surface area contributed by atoms with E-state index in [1.807, 2.05) is 48.5 Å². The minimum Gasteiger partial charge on any atom is -0.492 e. The number of nitrogens with zero attached hydrogens (tertiary/aromatic N) is 2. The molecule has 2 aromatic rings. The van der Waals surface area contributed by atoms with Gasteiger partial charge >= 0.3 is 0 Å². The van der Waals surface area contributed by atoms with Crippen molar-refractivity contribution in [3.05, 3.63) is 60.4 Å². The van der Waals surface area contributed by atoms with Crippen LogP contribution in [0.2, 0.25) is 0 Å². The molecule has 1 aliphatic heterocycles. The van der Waals surface area contributed by atoms with Crippen LogP contribution in [0.15, 0.2) is 54.7 Å². The average molecular weight is 325 g/mol. The third-order valence-electron chi connectivity index (χ3n) is 4.22. The normalized spacial score (nSPS) is 17.6. The minimum absolute atomic E-state index is 0.0345. The number of nitrogens with one attached hydrogen (secondary N) is 1. The number of hydrogen-bond acceptors (Lipinski definition) is 4. The molecule has 0 aliphatic carbocycles. The van der Waals surface area contributed by atoms with E-state index in [2.05, 4.69) is 15.2 Å². The standard InChI is InChI=1S/C19H23N3O2/c23-19(21-13-16-7-4-5-11-20-16)14-22-12-6-8-17(22)15-24-18-9-2-1-3-10-18/h1-5,7,9-11,17H,6,8,12-15H2,(H,21,23). The zero-order chi connectivity index (χ0) is 16.6. The summed E-state index contributed by atoms with van der Waals surface area (Å²) in [6.07, 6.45) is 3.91. The van der Waals surface area contributed by atoms with Gasteiger partial charge in [-0.25, -0.2) is 0 Å². The Morgan fingerprint density at radius 2 is 2.04 bits per heavy atom. The van der Waals surface area contributed by atoms with E-state index in [9.17, 15) is 4.79 Å². The number of carbonyl (C=O) groups is 1. The monoisotopic (exact) mass is 325 g/mol. The van der Waals surface area contributed by atoms with Crippen LogP contribution in [0.4, 0.5) is 0 Å². The minimum atomic E-state index is 0.0345. The first-order valence-electron chi connectivity index (χ1n) is 8.40. The van der Waals surface area contributed by atoms with Crippen LogP contribution in [-0.4, -0.2) is 41.5 Å². The molecular formula is C19H23N3O2. The van der Waals surface area contributed by atoms with Gasteiger partial charge in [0.25, 0.3) is 0 Å². The van der Waals surface area contributed by atoms with Gasteiger partial charge in [0.1, 0.15) is 12.4 Å². The molecule has 126 valence electrons. The van der Waals surface area contributed by atoms with Crippen LogP contribution in [0.3, 0.4) is 0 Å². The van der Waals surface area contributed by atoms with E-state index in [-0.39, 0.29) is 5.91 Å². The second-order valence-corrected chi connectivity index (χ2v) is 5.99. The summed E-state index contributed by atoms with van der Waals surface area (Å²) in [7, 11) is 0. The molecule has 1 saturated heterocycles. The lowest BCUT2D eigenvalue weighted by Gasteiger charge is -2.24. The van der Waals surface area contributed by atoms with Gasteiger partial charge in [-0.3, -0.25) is 14.7 Å². The molecule has 5 heteroatoms. The van der Waals surface area contributed by atoms with E-state index in [1.54, 1.807) is 6.20 Å². The van der Waals surface area contributed by atoms with Crippen molar-refractivity contribution < 1.29 is 9.53 Å². The summed E-state index contributed by atoms with van der Waals surface area (Å²) in [6, 6.07) is 15.8. The lowest BCUT2D eigenvalue weighted by Crippen LogP contribution is -2.41.